The van der Waals surface area contributed by atoms with E-state index in [0.29, 0.717) is 19.1 Å². The summed E-state index contributed by atoms with van der Waals surface area (Å²) in [4.78, 5) is 14.5. The van der Waals surface area contributed by atoms with Gasteiger partial charge in [-0.05, 0) is 43.9 Å². The zero-order valence-corrected chi connectivity index (χ0v) is 12.1. The first-order valence-electron chi connectivity index (χ1n) is 7.28. The molecule has 1 aliphatic carbocycles. The third-order valence-corrected chi connectivity index (χ3v) is 3.95. The van der Waals surface area contributed by atoms with Crippen LogP contribution in [-0.4, -0.2) is 32.3 Å². The normalized spacial score (nSPS) is 21.6. The highest BCUT2D eigenvalue weighted by atomic mass is 16.5. The minimum absolute atomic E-state index is 0.113. The number of methoxy groups -OCH3 is 1. The van der Waals surface area contributed by atoms with Gasteiger partial charge in [0.25, 0.3) is 5.91 Å². The van der Waals surface area contributed by atoms with E-state index in [1.54, 1.807) is 7.11 Å². The molecule has 1 atom stereocenters. The molecule has 4 heteroatoms. The zero-order valence-electron chi connectivity index (χ0n) is 12.1. The van der Waals surface area contributed by atoms with Crippen molar-refractivity contribution in [2.75, 3.05) is 25.2 Å². The van der Waals surface area contributed by atoms with E-state index in [-0.39, 0.29) is 12.0 Å². The van der Waals surface area contributed by atoms with E-state index in [1.807, 2.05) is 30.0 Å². The molecule has 1 aromatic rings. The highest BCUT2D eigenvalue weighted by molar-refractivity contribution is 6.00. The summed E-state index contributed by atoms with van der Waals surface area (Å²) in [5, 5.41) is 0. The molecule has 1 saturated carbocycles. The Morgan fingerprint density at radius 1 is 1.40 bits per heavy atom. The zero-order chi connectivity index (χ0) is 14.1. The van der Waals surface area contributed by atoms with Gasteiger partial charge in [0, 0.05) is 26.2 Å². The first kappa shape index (κ1) is 13.4. The van der Waals surface area contributed by atoms with Crippen molar-refractivity contribution in [3.05, 3.63) is 23.8 Å². The molecule has 4 nitrogen and oxygen atoms in total. The van der Waals surface area contributed by atoms with Gasteiger partial charge in [-0.3, -0.25) is 4.79 Å². The minimum atomic E-state index is -0.284. The summed E-state index contributed by atoms with van der Waals surface area (Å²) in [6.45, 7) is 3.39. The molecule has 1 aliphatic heterocycles. The smallest absolute Gasteiger partial charge is 0.268 e. The van der Waals surface area contributed by atoms with Gasteiger partial charge in [-0.15, -0.1) is 0 Å². The highest BCUT2D eigenvalue weighted by Gasteiger charge is 2.43. The van der Waals surface area contributed by atoms with Crippen molar-refractivity contribution >= 4 is 11.6 Å². The van der Waals surface area contributed by atoms with Crippen molar-refractivity contribution in [2.45, 2.75) is 32.3 Å². The summed E-state index contributed by atoms with van der Waals surface area (Å²) in [5.74, 6) is 1.35. The number of rotatable bonds is 5. The van der Waals surface area contributed by atoms with E-state index in [4.69, 9.17) is 9.47 Å². The molecule has 0 aromatic heterocycles. The van der Waals surface area contributed by atoms with Crippen LogP contribution >= 0.6 is 0 Å². The Morgan fingerprint density at radius 3 is 2.90 bits per heavy atom. The second-order valence-electron chi connectivity index (χ2n) is 5.68. The number of carbonyl (C=O) groups is 1. The van der Waals surface area contributed by atoms with Gasteiger partial charge < -0.3 is 14.4 Å². The molecular formula is C16H21NO3. The quantitative estimate of drug-likeness (QED) is 0.775. The standard InChI is InChI=1S/C16H21NO3/c1-11-4-7-14-13(10-11)17(8-3-9-19-2)16(18)15(20-14)12-5-6-12/h4,7,10,12,15H,3,5-6,8-9H2,1-2H3. The maximum absolute atomic E-state index is 12.6. The third-order valence-electron chi connectivity index (χ3n) is 3.95. The Balaban J connectivity index is 1.87. The van der Waals surface area contributed by atoms with E-state index in [2.05, 4.69) is 0 Å². The van der Waals surface area contributed by atoms with Gasteiger partial charge >= 0.3 is 0 Å². The third kappa shape index (κ3) is 2.52. The SMILES string of the molecule is COCCCN1C(=O)C(C2CC2)Oc2ccc(C)cc21. The number of nitrogens with zero attached hydrogens (tertiary/aromatic N) is 1. The fraction of sp³-hybridized carbons (Fsp3) is 0.562. The maximum atomic E-state index is 12.6. The first-order valence-corrected chi connectivity index (χ1v) is 7.28. The largest absolute Gasteiger partial charge is 0.478 e. The molecule has 1 heterocycles. The predicted octanol–water partition coefficient (Wildman–Crippen LogP) is 2.54. The molecule has 108 valence electrons. The number of hydrogen-bond acceptors (Lipinski definition) is 3. The fourth-order valence-corrected chi connectivity index (χ4v) is 2.69. The van der Waals surface area contributed by atoms with Crippen LogP contribution in [0.2, 0.25) is 0 Å². The topological polar surface area (TPSA) is 38.8 Å². The molecule has 1 fully saturated rings. The summed E-state index contributed by atoms with van der Waals surface area (Å²) < 4.78 is 11.0. The Kier molecular flexibility index (Phi) is 3.66. The number of carbonyl (C=O) groups excluding carboxylic acids is 1. The lowest BCUT2D eigenvalue weighted by atomic mass is 10.1. The van der Waals surface area contributed by atoms with E-state index in [1.165, 1.54) is 0 Å². The second-order valence-corrected chi connectivity index (χ2v) is 5.68. The van der Waals surface area contributed by atoms with Gasteiger partial charge in [0.1, 0.15) is 5.75 Å². The predicted molar refractivity (Wildman–Crippen MR) is 77.2 cm³/mol. The average Bonchev–Trinajstić information content (AvgIpc) is 3.26. The summed E-state index contributed by atoms with van der Waals surface area (Å²) in [7, 11) is 1.69. The Labute approximate surface area is 119 Å². The van der Waals surface area contributed by atoms with Crippen molar-refractivity contribution in [1.29, 1.82) is 0 Å². The summed E-state index contributed by atoms with van der Waals surface area (Å²) in [6, 6.07) is 6.05. The van der Waals surface area contributed by atoms with Gasteiger partial charge in [-0.2, -0.15) is 0 Å². The highest BCUT2D eigenvalue weighted by Crippen LogP contribution is 2.42. The van der Waals surface area contributed by atoms with Gasteiger partial charge in [0.05, 0.1) is 5.69 Å². The number of amides is 1. The van der Waals surface area contributed by atoms with E-state index < -0.39 is 0 Å². The van der Waals surface area contributed by atoms with Gasteiger partial charge in [-0.1, -0.05) is 6.07 Å². The molecule has 1 aromatic carbocycles. The van der Waals surface area contributed by atoms with Crippen molar-refractivity contribution in [3.63, 3.8) is 0 Å². The molecule has 0 bridgehead atoms. The molecular weight excluding hydrogens is 254 g/mol. The van der Waals surface area contributed by atoms with Crippen LogP contribution in [0.25, 0.3) is 0 Å². The van der Waals surface area contributed by atoms with Crippen molar-refractivity contribution in [2.24, 2.45) is 5.92 Å². The Morgan fingerprint density at radius 2 is 2.20 bits per heavy atom. The molecule has 2 aliphatic rings. The van der Waals surface area contributed by atoms with Crippen molar-refractivity contribution in [1.82, 2.24) is 0 Å². The number of fused-ring (bicyclic) bond motifs is 1. The van der Waals surface area contributed by atoms with Crippen LogP contribution in [0.3, 0.4) is 0 Å². The van der Waals surface area contributed by atoms with Crippen LogP contribution in [0.5, 0.6) is 5.75 Å². The summed E-state index contributed by atoms with van der Waals surface area (Å²) in [6.07, 6.45) is 2.76. The van der Waals surface area contributed by atoms with Crippen molar-refractivity contribution in [3.8, 4) is 5.75 Å². The number of benzene rings is 1. The Bertz CT molecular complexity index is 510. The molecule has 0 N–H and O–H groups in total. The molecule has 0 radical (unpaired) electrons. The molecule has 3 rings (SSSR count). The molecule has 1 amide bonds. The fourth-order valence-electron chi connectivity index (χ4n) is 2.69. The number of aryl methyl sites for hydroxylation is 1. The molecule has 1 unspecified atom stereocenters. The maximum Gasteiger partial charge on any atom is 0.268 e. The van der Waals surface area contributed by atoms with Crippen LogP contribution in [0.15, 0.2) is 18.2 Å². The van der Waals surface area contributed by atoms with E-state index in [9.17, 15) is 4.79 Å². The molecule has 0 saturated heterocycles. The molecule has 20 heavy (non-hydrogen) atoms. The number of ether oxygens (including phenoxy) is 2. The molecule has 0 spiro atoms. The monoisotopic (exact) mass is 275 g/mol. The minimum Gasteiger partial charge on any atom is -0.478 e. The lowest BCUT2D eigenvalue weighted by molar-refractivity contribution is -0.127. The second kappa shape index (κ2) is 5.44. The Hall–Kier alpha value is -1.55. The van der Waals surface area contributed by atoms with Crippen LogP contribution in [0.4, 0.5) is 5.69 Å². The summed E-state index contributed by atoms with van der Waals surface area (Å²) >= 11 is 0. The van der Waals surface area contributed by atoms with Gasteiger partial charge in [0.15, 0.2) is 6.10 Å². The van der Waals surface area contributed by atoms with Crippen LogP contribution in [0, 0.1) is 12.8 Å². The average molecular weight is 275 g/mol. The van der Waals surface area contributed by atoms with Gasteiger partial charge in [-0.25, -0.2) is 0 Å². The van der Waals surface area contributed by atoms with Crippen LogP contribution in [0.1, 0.15) is 24.8 Å². The summed E-state index contributed by atoms with van der Waals surface area (Å²) in [5.41, 5.74) is 2.05. The van der Waals surface area contributed by atoms with Gasteiger partial charge in [0.2, 0.25) is 0 Å². The number of anilines is 1. The number of hydrogen-bond donors (Lipinski definition) is 0. The lowest BCUT2D eigenvalue weighted by Crippen LogP contribution is -2.47. The van der Waals surface area contributed by atoms with E-state index in [0.717, 1.165) is 36.3 Å². The van der Waals surface area contributed by atoms with Crippen LogP contribution in [-0.2, 0) is 9.53 Å². The van der Waals surface area contributed by atoms with Crippen LogP contribution < -0.4 is 9.64 Å². The lowest BCUT2D eigenvalue weighted by Gasteiger charge is -2.34. The van der Waals surface area contributed by atoms with E-state index >= 15 is 0 Å². The first-order chi connectivity index (χ1) is 9.70. The van der Waals surface area contributed by atoms with Crippen molar-refractivity contribution < 1.29 is 14.3 Å².